The Hall–Kier alpha value is -4.35. The maximum Gasteiger partial charge on any atom is 0.251 e. The fourth-order valence-electron chi connectivity index (χ4n) is 6.13. The normalized spacial score (nSPS) is 19.4. The number of halogens is 1. The van der Waals surface area contributed by atoms with Crippen molar-refractivity contribution in [3.05, 3.63) is 77.4 Å². The number of aromatic nitrogens is 3. The second kappa shape index (κ2) is 12.5. The number of hydrogen-bond acceptors (Lipinski definition) is 7. The minimum Gasteiger partial charge on any atom is -0.496 e. The van der Waals surface area contributed by atoms with Gasteiger partial charge in [0.25, 0.3) is 5.91 Å². The molecule has 2 aromatic carbocycles. The predicted octanol–water partition coefficient (Wildman–Crippen LogP) is 3.28. The van der Waals surface area contributed by atoms with Crippen LogP contribution >= 0.6 is 0 Å². The molecule has 2 saturated heterocycles. The van der Waals surface area contributed by atoms with E-state index >= 15 is 0 Å². The highest BCUT2D eigenvalue weighted by Gasteiger charge is 2.37. The topological polar surface area (TPSA) is 115 Å². The summed E-state index contributed by atoms with van der Waals surface area (Å²) in [6.45, 7) is 5.31. The number of fused-ring (bicyclic) bond motifs is 1. The monoisotopic (exact) mass is 585 g/mol. The van der Waals surface area contributed by atoms with Crippen molar-refractivity contribution in [2.75, 3.05) is 39.8 Å². The molecule has 2 amide bonds. The Kier molecular flexibility index (Phi) is 8.35. The van der Waals surface area contributed by atoms with Gasteiger partial charge in [0, 0.05) is 79.3 Å². The van der Waals surface area contributed by atoms with Crippen molar-refractivity contribution >= 4 is 22.7 Å². The average molecular weight is 586 g/mol. The van der Waals surface area contributed by atoms with Gasteiger partial charge in [0.1, 0.15) is 17.3 Å². The molecule has 4 heterocycles. The third kappa shape index (κ3) is 6.09. The van der Waals surface area contributed by atoms with Crippen molar-refractivity contribution in [3.8, 4) is 17.0 Å². The number of rotatable bonds is 7. The van der Waals surface area contributed by atoms with Gasteiger partial charge in [0.15, 0.2) is 0 Å². The Morgan fingerprint density at radius 2 is 1.95 bits per heavy atom. The van der Waals surface area contributed by atoms with Gasteiger partial charge in [-0.2, -0.15) is 5.10 Å². The van der Waals surface area contributed by atoms with Crippen molar-refractivity contribution in [1.82, 2.24) is 35.6 Å². The number of nitrogens with zero attached hydrogens (tertiary/aromatic N) is 4. The average Bonchev–Trinajstić information content (AvgIpc) is 3.46. The third-order valence-electron chi connectivity index (χ3n) is 8.39. The number of amides is 2. The van der Waals surface area contributed by atoms with Gasteiger partial charge in [0.05, 0.1) is 18.7 Å². The third-order valence-corrected chi connectivity index (χ3v) is 8.39. The summed E-state index contributed by atoms with van der Waals surface area (Å²) in [5.74, 6) is -0.105. The first-order valence-electron chi connectivity index (χ1n) is 14.7. The van der Waals surface area contributed by atoms with Crippen molar-refractivity contribution in [2.45, 2.75) is 38.4 Å². The number of nitrogens with one attached hydrogen (secondary N) is 3. The van der Waals surface area contributed by atoms with E-state index in [2.05, 4.69) is 25.8 Å². The minimum atomic E-state index is -0.413. The number of carbonyl (C=O) groups is 2. The van der Waals surface area contributed by atoms with E-state index in [4.69, 9.17) is 4.74 Å². The molecule has 224 valence electrons. The number of carbonyl (C=O) groups excluding carboxylic acids is 2. The second-order valence-corrected chi connectivity index (χ2v) is 11.2. The Balaban J connectivity index is 1.22. The molecule has 43 heavy (non-hydrogen) atoms. The van der Waals surface area contributed by atoms with Crippen LogP contribution in [-0.2, 0) is 11.3 Å². The van der Waals surface area contributed by atoms with Gasteiger partial charge in [-0.05, 0) is 62.2 Å². The SMILES string of the molecule is COc1cccc(F)c1CN1C[C@H](NC(=O)c2ccc3[nH]nc(-c4ccnc(C)c4)c3c2)CC[C@H]1C(=O)N1CCNCC1. The van der Waals surface area contributed by atoms with Gasteiger partial charge < -0.3 is 20.3 Å². The van der Waals surface area contributed by atoms with E-state index < -0.39 is 6.04 Å². The van der Waals surface area contributed by atoms with Crippen LogP contribution in [0.3, 0.4) is 0 Å². The standard InChI is InChI=1S/C32H36FN7O3/c1-20-16-21(10-11-35-20)30-24-17-22(6-8-27(24)37-38-30)31(41)36-23-7-9-28(32(42)39-14-12-34-13-15-39)40(18-23)19-25-26(33)4-3-5-29(25)43-2/h3-6,8,10-11,16-17,23,28,34H,7,9,12-15,18-19H2,1-2H3,(H,36,41)(H,37,38)/t23-,28+/m1/s1. The van der Waals surface area contributed by atoms with Crippen LogP contribution in [-0.4, -0.2) is 88.7 Å². The molecule has 4 aromatic rings. The van der Waals surface area contributed by atoms with Crippen molar-refractivity contribution in [3.63, 3.8) is 0 Å². The lowest BCUT2D eigenvalue weighted by molar-refractivity contribution is -0.139. The number of likely N-dealkylation sites (tertiary alicyclic amines) is 1. The molecule has 2 aliphatic rings. The molecule has 11 heteroatoms. The smallest absolute Gasteiger partial charge is 0.251 e. The molecular weight excluding hydrogens is 549 g/mol. The number of methoxy groups -OCH3 is 1. The summed E-state index contributed by atoms with van der Waals surface area (Å²) in [6.07, 6.45) is 2.93. The molecule has 0 unspecified atom stereocenters. The van der Waals surface area contributed by atoms with Crippen molar-refractivity contribution in [1.29, 1.82) is 0 Å². The molecule has 6 rings (SSSR count). The minimum absolute atomic E-state index is 0.0471. The highest BCUT2D eigenvalue weighted by Crippen LogP contribution is 2.29. The first kappa shape index (κ1) is 28.8. The van der Waals surface area contributed by atoms with Crippen LogP contribution in [0.25, 0.3) is 22.2 Å². The van der Waals surface area contributed by atoms with E-state index in [9.17, 15) is 14.0 Å². The molecule has 10 nitrogen and oxygen atoms in total. The Bertz CT molecular complexity index is 1630. The quantitative estimate of drug-likeness (QED) is 0.305. The number of hydrogen-bond donors (Lipinski definition) is 3. The Morgan fingerprint density at radius 1 is 1.12 bits per heavy atom. The van der Waals surface area contributed by atoms with Gasteiger partial charge in [0.2, 0.25) is 5.91 Å². The fraction of sp³-hybridized carbons (Fsp3) is 0.375. The zero-order valence-electron chi connectivity index (χ0n) is 24.4. The largest absolute Gasteiger partial charge is 0.496 e. The van der Waals surface area contributed by atoms with Crippen LogP contribution in [0.2, 0.25) is 0 Å². The number of H-pyrrole nitrogens is 1. The van der Waals surface area contributed by atoms with E-state index in [-0.39, 0.29) is 30.2 Å². The zero-order valence-corrected chi connectivity index (χ0v) is 24.4. The second-order valence-electron chi connectivity index (χ2n) is 11.2. The van der Waals surface area contributed by atoms with E-state index in [0.717, 1.165) is 40.9 Å². The molecule has 0 bridgehead atoms. The number of ether oxygens (including phenoxy) is 1. The molecule has 2 aromatic heterocycles. The van der Waals surface area contributed by atoms with Gasteiger partial charge in [-0.1, -0.05) is 6.07 Å². The summed E-state index contributed by atoms with van der Waals surface area (Å²) in [6, 6.07) is 13.4. The highest BCUT2D eigenvalue weighted by molar-refractivity contribution is 6.01. The first-order valence-corrected chi connectivity index (χ1v) is 14.7. The first-order chi connectivity index (χ1) is 20.9. The van der Waals surface area contributed by atoms with Gasteiger partial charge >= 0.3 is 0 Å². The molecule has 0 spiro atoms. The van der Waals surface area contributed by atoms with Gasteiger partial charge in [-0.25, -0.2) is 4.39 Å². The van der Waals surface area contributed by atoms with Crippen LogP contribution in [0.5, 0.6) is 5.75 Å². The summed E-state index contributed by atoms with van der Waals surface area (Å²) in [5.41, 5.74) is 4.31. The number of piperazine rings is 1. The van der Waals surface area contributed by atoms with E-state index in [1.165, 1.54) is 13.2 Å². The lowest BCUT2D eigenvalue weighted by atomic mass is 9.95. The Morgan fingerprint density at radius 3 is 2.74 bits per heavy atom. The highest BCUT2D eigenvalue weighted by atomic mass is 19.1. The van der Waals surface area contributed by atoms with Crippen LogP contribution in [0.15, 0.2) is 54.7 Å². The summed E-state index contributed by atoms with van der Waals surface area (Å²) < 4.78 is 20.4. The van der Waals surface area contributed by atoms with Gasteiger partial charge in [-0.3, -0.25) is 24.6 Å². The van der Waals surface area contributed by atoms with Crippen LogP contribution in [0, 0.1) is 12.7 Å². The van der Waals surface area contributed by atoms with Crippen molar-refractivity contribution < 1.29 is 18.7 Å². The summed E-state index contributed by atoms with van der Waals surface area (Å²) >= 11 is 0. The Labute approximate surface area is 249 Å². The molecule has 3 N–H and O–H groups in total. The molecule has 2 fully saturated rings. The number of piperidine rings is 1. The fourth-order valence-corrected chi connectivity index (χ4v) is 6.13. The number of pyridine rings is 1. The number of aryl methyl sites for hydroxylation is 1. The summed E-state index contributed by atoms with van der Waals surface area (Å²) in [5, 5.41) is 14.8. The van der Waals surface area contributed by atoms with E-state index in [1.807, 2.05) is 41.0 Å². The molecule has 2 aliphatic heterocycles. The lowest BCUT2D eigenvalue weighted by Gasteiger charge is -2.42. The maximum absolute atomic E-state index is 15.0. The van der Waals surface area contributed by atoms with E-state index in [0.29, 0.717) is 49.4 Å². The van der Waals surface area contributed by atoms with Crippen LogP contribution < -0.4 is 15.4 Å². The molecule has 2 atom stereocenters. The van der Waals surface area contributed by atoms with E-state index in [1.54, 1.807) is 24.4 Å². The maximum atomic E-state index is 15.0. The number of aromatic amines is 1. The van der Waals surface area contributed by atoms with Crippen molar-refractivity contribution in [2.24, 2.45) is 0 Å². The molecule has 0 aliphatic carbocycles. The summed E-state index contributed by atoms with van der Waals surface area (Å²) in [4.78, 5) is 35.3. The summed E-state index contributed by atoms with van der Waals surface area (Å²) in [7, 11) is 1.51. The molecular formula is C32H36FN7O3. The molecule has 0 saturated carbocycles. The molecule has 0 radical (unpaired) electrons. The predicted molar refractivity (Wildman–Crippen MR) is 161 cm³/mol. The number of benzene rings is 2. The van der Waals surface area contributed by atoms with Gasteiger partial charge in [-0.15, -0.1) is 0 Å². The van der Waals surface area contributed by atoms with Crippen LogP contribution in [0.4, 0.5) is 4.39 Å². The van der Waals surface area contributed by atoms with Crippen LogP contribution in [0.1, 0.15) is 34.5 Å². The lowest BCUT2D eigenvalue weighted by Crippen LogP contribution is -2.58. The zero-order chi connectivity index (χ0) is 29.9.